The Balaban J connectivity index is 1.45. The lowest BCUT2D eigenvalue weighted by Gasteiger charge is -2.07. The number of halogens is 1. The Morgan fingerprint density at radius 2 is 1.86 bits per heavy atom. The molecule has 144 valence electrons. The van der Waals surface area contributed by atoms with Crippen LogP contribution in [0.1, 0.15) is 29.9 Å². The first-order valence-corrected chi connectivity index (χ1v) is 9.83. The van der Waals surface area contributed by atoms with E-state index in [0.717, 1.165) is 43.6 Å². The summed E-state index contributed by atoms with van der Waals surface area (Å²) in [5.74, 6) is 0.997. The molecule has 0 aliphatic rings. The molecule has 5 rings (SSSR count). The number of rotatable bonds is 4. The predicted molar refractivity (Wildman–Crippen MR) is 117 cm³/mol. The van der Waals surface area contributed by atoms with Crippen LogP contribution in [0.15, 0.2) is 65.2 Å². The SMILES string of the molecule is Cc1ccccc1Nc1noc(C(C)c2ccc3c(c2)[nH]c2ccc(Cl)cc23)n1. The third-order valence-corrected chi connectivity index (χ3v) is 5.52. The second-order valence-electron chi connectivity index (χ2n) is 7.24. The van der Waals surface area contributed by atoms with E-state index in [9.17, 15) is 0 Å². The number of fused-ring (bicyclic) bond motifs is 3. The fraction of sp³-hybridized carbons (Fsp3) is 0.130. The van der Waals surface area contributed by atoms with Gasteiger partial charge in [0, 0.05) is 32.5 Å². The van der Waals surface area contributed by atoms with E-state index < -0.39 is 0 Å². The van der Waals surface area contributed by atoms with Crippen molar-refractivity contribution in [3.63, 3.8) is 0 Å². The van der Waals surface area contributed by atoms with Gasteiger partial charge in [-0.3, -0.25) is 0 Å². The fourth-order valence-electron chi connectivity index (χ4n) is 3.60. The smallest absolute Gasteiger partial charge is 0.267 e. The van der Waals surface area contributed by atoms with Crippen LogP contribution in [-0.4, -0.2) is 15.1 Å². The average Bonchev–Trinajstić information content (AvgIpc) is 3.33. The minimum Gasteiger partial charge on any atom is -0.355 e. The van der Waals surface area contributed by atoms with Crippen molar-refractivity contribution < 1.29 is 4.52 Å². The lowest BCUT2D eigenvalue weighted by atomic mass is 9.99. The zero-order valence-electron chi connectivity index (χ0n) is 16.0. The van der Waals surface area contributed by atoms with Gasteiger partial charge in [-0.05, 0) is 60.5 Å². The van der Waals surface area contributed by atoms with Crippen molar-refractivity contribution in [2.24, 2.45) is 0 Å². The van der Waals surface area contributed by atoms with Gasteiger partial charge in [-0.1, -0.05) is 41.9 Å². The third kappa shape index (κ3) is 3.23. The van der Waals surface area contributed by atoms with Crippen LogP contribution < -0.4 is 5.32 Å². The second-order valence-corrected chi connectivity index (χ2v) is 7.67. The van der Waals surface area contributed by atoms with E-state index in [1.807, 2.05) is 49.4 Å². The second kappa shape index (κ2) is 6.94. The van der Waals surface area contributed by atoms with Crippen LogP contribution in [0.3, 0.4) is 0 Å². The number of nitrogens with zero attached hydrogens (tertiary/aromatic N) is 2. The normalized spacial score (nSPS) is 12.5. The highest BCUT2D eigenvalue weighted by molar-refractivity contribution is 6.31. The van der Waals surface area contributed by atoms with Crippen molar-refractivity contribution in [3.8, 4) is 0 Å². The number of aryl methyl sites for hydroxylation is 1. The molecule has 5 aromatic rings. The molecule has 0 fully saturated rings. The molecule has 5 nitrogen and oxygen atoms in total. The van der Waals surface area contributed by atoms with E-state index in [1.54, 1.807) is 0 Å². The van der Waals surface area contributed by atoms with Crippen LogP contribution in [0, 0.1) is 6.92 Å². The van der Waals surface area contributed by atoms with Crippen molar-refractivity contribution in [3.05, 3.63) is 82.7 Å². The van der Waals surface area contributed by atoms with Gasteiger partial charge in [0.05, 0.1) is 5.92 Å². The first-order valence-electron chi connectivity index (χ1n) is 9.45. The van der Waals surface area contributed by atoms with Crippen LogP contribution in [0.25, 0.3) is 21.8 Å². The van der Waals surface area contributed by atoms with Gasteiger partial charge in [0.25, 0.3) is 5.95 Å². The van der Waals surface area contributed by atoms with E-state index in [4.69, 9.17) is 16.1 Å². The maximum Gasteiger partial charge on any atom is 0.267 e. The van der Waals surface area contributed by atoms with Crippen molar-refractivity contribution in [2.45, 2.75) is 19.8 Å². The molecule has 0 saturated carbocycles. The topological polar surface area (TPSA) is 66.7 Å². The Morgan fingerprint density at radius 1 is 1.00 bits per heavy atom. The first-order chi connectivity index (χ1) is 14.1. The van der Waals surface area contributed by atoms with Crippen LogP contribution in [-0.2, 0) is 0 Å². The molecule has 3 aromatic carbocycles. The Labute approximate surface area is 172 Å². The number of para-hydroxylation sites is 1. The summed E-state index contributed by atoms with van der Waals surface area (Å²) < 4.78 is 5.53. The number of aromatic amines is 1. The van der Waals surface area contributed by atoms with E-state index in [-0.39, 0.29) is 5.92 Å². The highest BCUT2D eigenvalue weighted by Crippen LogP contribution is 2.32. The molecule has 2 aromatic heterocycles. The van der Waals surface area contributed by atoms with E-state index >= 15 is 0 Å². The summed E-state index contributed by atoms with van der Waals surface area (Å²) in [5.41, 5.74) is 5.31. The maximum absolute atomic E-state index is 6.16. The standard InChI is InChI=1S/C23H19ClN4O/c1-13-5-3-4-6-19(13)26-23-27-22(29-28-23)14(2)15-7-9-17-18-12-16(24)8-10-20(18)25-21(17)11-15/h3-12,14,25H,1-2H3,(H,26,28). The molecule has 0 aliphatic heterocycles. The maximum atomic E-state index is 6.16. The summed E-state index contributed by atoms with van der Waals surface area (Å²) in [6.45, 7) is 4.10. The molecule has 2 N–H and O–H groups in total. The van der Waals surface area contributed by atoms with Gasteiger partial charge in [0.15, 0.2) is 0 Å². The van der Waals surface area contributed by atoms with Gasteiger partial charge in [-0.25, -0.2) is 0 Å². The number of nitrogens with one attached hydrogen (secondary N) is 2. The van der Waals surface area contributed by atoms with Gasteiger partial charge >= 0.3 is 0 Å². The summed E-state index contributed by atoms with van der Waals surface area (Å²) in [5, 5.41) is 10.3. The molecule has 0 amide bonds. The van der Waals surface area contributed by atoms with E-state index in [0.29, 0.717) is 11.8 Å². The van der Waals surface area contributed by atoms with Crippen molar-refractivity contribution >= 4 is 45.0 Å². The van der Waals surface area contributed by atoms with Gasteiger partial charge < -0.3 is 14.8 Å². The molecule has 2 heterocycles. The molecular weight excluding hydrogens is 384 g/mol. The summed E-state index contributed by atoms with van der Waals surface area (Å²) >= 11 is 6.16. The summed E-state index contributed by atoms with van der Waals surface area (Å²) in [6, 6.07) is 20.2. The lowest BCUT2D eigenvalue weighted by Crippen LogP contribution is -1.98. The molecule has 6 heteroatoms. The average molecular weight is 403 g/mol. The monoisotopic (exact) mass is 402 g/mol. The summed E-state index contributed by atoms with van der Waals surface area (Å²) in [4.78, 5) is 8.00. The number of aromatic nitrogens is 3. The molecular formula is C23H19ClN4O. The zero-order chi connectivity index (χ0) is 20.0. The molecule has 0 aliphatic carbocycles. The predicted octanol–water partition coefficient (Wildman–Crippen LogP) is 6.56. The van der Waals surface area contributed by atoms with Crippen LogP contribution in [0.2, 0.25) is 5.02 Å². The Morgan fingerprint density at radius 3 is 2.72 bits per heavy atom. The lowest BCUT2D eigenvalue weighted by molar-refractivity contribution is 0.371. The van der Waals surface area contributed by atoms with Gasteiger partial charge in [-0.15, -0.1) is 0 Å². The van der Waals surface area contributed by atoms with Crippen molar-refractivity contribution in [1.29, 1.82) is 0 Å². The number of benzene rings is 3. The highest BCUT2D eigenvalue weighted by atomic mass is 35.5. The summed E-state index contributed by atoms with van der Waals surface area (Å²) in [6.07, 6.45) is 0. The largest absolute Gasteiger partial charge is 0.355 e. The van der Waals surface area contributed by atoms with Gasteiger partial charge in [0.2, 0.25) is 5.89 Å². The Kier molecular flexibility index (Phi) is 4.25. The van der Waals surface area contributed by atoms with Gasteiger partial charge in [0.1, 0.15) is 0 Å². The number of hydrogen-bond donors (Lipinski definition) is 2. The van der Waals surface area contributed by atoms with Crippen LogP contribution >= 0.6 is 11.6 Å². The third-order valence-electron chi connectivity index (χ3n) is 5.29. The highest BCUT2D eigenvalue weighted by Gasteiger charge is 2.18. The molecule has 0 bridgehead atoms. The van der Waals surface area contributed by atoms with Crippen molar-refractivity contribution in [1.82, 2.24) is 15.1 Å². The Bertz CT molecular complexity index is 1340. The zero-order valence-corrected chi connectivity index (χ0v) is 16.8. The van der Waals surface area contributed by atoms with E-state index in [2.05, 4.69) is 45.6 Å². The molecule has 0 radical (unpaired) electrons. The quantitative estimate of drug-likeness (QED) is 0.357. The molecule has 1 atom stereocenters. The van der Waals surface area contributed by atoms with Gasteiger partial charge in [-0.2, -0.15) is 4.98 Å². The number of H-pyrrole nitrogens is 1. The molecule has 29 heavy (non-hydrogen) atoms. The van der Waals surface area contributed by atoms with Crippen molar-refractivity contribution in [2.75, 3.05) is 5.32 Å². The van der Waals surface area contributed by atoms with Crippen LogP contribution in [0.5, 0.6) is 0 Å². The molecule has 0 spiro atoms. The minimum atomic E-state index is -0.0330. The Hall–Kier alpha value is -3.31. The first kappa shape index (κ1) is 17.8. The molecule has 0 saturated heterocycles. The number of anilines is 2. The fourth-order valence-corrected chi connectivity index (χ4v) is 3.77. The number of hydrogen-bond acceptors (Lipinski definition) is 4. The summed E-state index contributed by atoms with van der Waals surface area (Å²) in [7, 11) is 0. The molecule has 1 unspecified atom stereocenters. The minimum absolute atomic E-state index is 0.0330. The van der Waals surface area contributed by atoms with Crippen LogP contribution in [0.4, 0.5) is 11.6 Å². The van der Waals surface area contributed by atoms with E-state index in [1.165, 1.54) is 0 Å².